The van der Waals surface area contributed by atoms with E-state index in [1.807, 2.05) is 5.38 Å². The Morgan fingerprint density at radius 2 is 1.97 bits per heavy atom. The molecule has 0 spiro atoms. The molecule has 0 radical (unpaired) electrons. The maximum Gasteiger partial charge on any atom is 0.266 e. The average molecular weight is 438 g/mol. The van der Waals surface area contributed by atoms with Crippen molar-refractivity contribution in [1.29, 1.82) is 0 Å². The van der Waals surface area contributed by atoms with Crippen molar-refractivity contribution in [1.82, 2.24) is 4.98 Å². The summed E-state index contributed by atoms with van der Waals surface area (Å²) >= 11 is 1.56. The van der Waals surface area contributed by atoms with E-state index in [0.717, 1.165) is 50.0 Å². The molecule has 8 atom stereocenters. The van der Waals surface area contributed by atoms with E-state index >= 15 is 0 Å². The molecule has 4 aliphatic carbocycles. The fraction of sp³-hybridized carbons (Fsp3) is 0.833. The van der Waals surface area contributed by atoms with Gasteiger partial charge in [-0.05, 0) is 92.8 Å². The average Bonchev–Trinajstić information content (AvgIpc) is 3.34. The minimum Gasteiger partial charge on any atom is -0.384 e. The van der Waals surface area contributed by atoms with Gasteiger partial charge in [-0.15, -0.1) is 11.3 Å². The summed E-state index contributed by atoms with van der Waals surface area (Å²) in [6, 6.07) is 0. The van der Waals surface area contributed by atoms with Gasteiger partial charge in [-0.25, -0.2) is 13.8 Å². The van der Waals surface area contributed by atoms with E-state index in [4.69, 9.17) is 0 Å². The molecule has 166 valence electrons. The van der Waals surface area contributed by atoms with E-state index in [2.05, 4.69) is 11.9 Å². The number of halogens is 2. The summed E-state index contributed by atoms with van der Waals surface area (Å²) < 4.78 is 26.8. The molecule has 6 heteroatoms. The monoisotopic (exact) mass is 437 g/mol. The summed E-state index contributed by atoms with van der Waals surface area (Å²) in [7, 11) is 0. The van der Waals surface area contributed by atoms with Crippen LogP contribution in [-0.2, 0) is 11.2 Å². The van der Waals surface area contributed by atoms with Gasteiger partial charge in [0, 0.05) is 17.5 Å². The van der Waals surface area contributed by atoms with Crippen molar-refractivity contribution < 1.29 is 18.7 Å². The van der Waals surface area contributed by atoms with Gasteiger partial charge in [0.05, 0.1) is 11.4 Å². The fourth-order valence-corrected chi connectivity index (χ4v) is 8.88. The van der Waals surface area contributed by atoms with Crippen molar-refractivity contribution in [3.8, 4) is 0 Å². The summed E-state index contributed by atoms with van der Waals surface area (Å²) in [6.45, 7) is 2.35. The molecular weight excluding hydrogens is 404 g/mol. The Bertz CT molecular complexity index is 786. The first-order chi connectivity index (χ1) is 14.3. The highest BCUT2D eigenvalue weighted by molar-refractivity contribution is 7.09. The molecule has 30 heavy (non-hydrogen) atoms. The lowest BCUT2D eigenvalue weighted by Crippen LogP contribution is -2.53. The van der Waals surface area contributed by atoms with Crippen LogP contribution in [0, 0.1) is 40.9 Å². The number of ketones is 1. The molecule has 3 nitrogen and oxygen atoms in total. The first-order valence-electron chi connectivity index (χ1n) is 11.7. The van der Waals surface area contributed by atoms with Crippen LogP contribution in [0.15, 0.2) is 11.6 Å². The Hall–Kier alpha value is -0.880. The van der Waals surface area contributed by atoms with Gasteiger partial charge in [0.15, 0.2) is 0 Å². The van der Waals surface area contributed by atoms with Crippen molar-refractivity contribution in [2.75, 3.05) is 0 Å². The number of carbonyl (C=O) groups is 1. The highest BCUT2D eigenvalue weighted by Crippen LogP contribution is 2.65. The summed E-state index contributed by atoms with van der Waals surface area (Å²) in [5.41, 5.74) is -1.68. The maximum absolute atomic E-state index is 13.4. The SMILES string of the molecule is C[C@]12CC[C@H]3[C@@H](CC[C@H]4C[C@@](O)(C(F)F)CC[C@@H]43)[C@@H]1CC[C@@H]2C(=O)Cc1nccs1. The van der Waals surface area contributed by atoms with Crippen LogP contribution in [0.1, 0.15) is 69.7 Å². The van der Waals surface area contributed by atoms with Crippen molar-refractivity contribution in [2.45, 2.75) is 83.2 Å². The summed E-state index contributed by atoms with van der Waals surface area (Å²) in [4.78, 5) is 17.5. The second-order valence-electron chi connectivity index (χ2n) is 10.8. The molecule has 0 unspecified atom stereocenters. The Kier molecular flexibility index (Phi) is 5.33. The van der Waals surface area contributed by atoms with Gasteiger partial charge in [-0.2, -0.15) is 0 Å². The van der Waals surface area contributed by atoms with Gasteiger partial charge < -0.3 is 5.11 Å². The number of carbonyl (C=O) groups excluding carboxylic acids is 1. The van der Waals surface area contributed by atoms with E-state index < -0.39 is 12.0 Å². The zero-order chi connectivity index (χ0) is 21.1. The predicted octanol–water partition coefficient (Wildman–Crippen LogP) is 5.52. The molecule has 0 aromatic carbocycles. The van der Waals surface area contributed by atoms with E-state index in [-0.39, 0.29) is 30.1 Å². The Morgan fingerprint density at radius 1 is 1.17 bits per heavy atom. The molecule has 5 rings (SSSR count). The van der Waals surface area contributed by atoms with Crippen LogP contribution in [0.25, 0.3) is 0 Å². The summed E-state index contributed by atoms with van der Waals surface area (Å²) in [5.74, 6) is 3.03. The lowest BCUT2D eigenvalue weighted by atomic mass is 9.49. The van der Waals surface area contributed by atoms with Crippen LogP contribution in [0.2, 0.25) is 0 Å². The number of hydrogen-bond donors (Lipinski definition) is 1. The molecule has 4 fully saturated rings. The van der Waals surface area contributed by atoms with Gasteiger partial charge in [-0.1, -0.05) is 6.92 Å². The van der Waals surface area contributed by atoms with Crippen LogP contribution in [0.3, 0.4) is 0 Å². The second-order valence-corrected chi connectivity index (χ2v) is 11.8. The minimum absolute atomic E-state index is 0.0840. The topological polar surface area (TPSA) is 50.2 Å². The third-order valence-corrected chi connectivity index (χ3v) is 10.4. The number of aliphatic hydroxyl groups is 1. The van der Waals surface area contributed by atoms with E-state index in [0.29, 0.717) is 35.9 Å². The van der Waals surface area contributed by atoms with Gasteiger partial charge in [0.1, 0.15) is 11.4 Å². The third kappa shape index (κ3) is 3.28. The summed E-state index contributed by atoms with van der Waals surface area (Å²) in [6.07, 6.45) is 7.23. The van der Waals surface area contributed by atoms with E-state index in [1.165, 1.54) is 0 Å². The first kappa shape index (κ1) is 21.0. The molecule has 1 aromatic rings. The molecule has 0 amide bonds. The number of fused-ring (bicyclic) bond motifs is 5. The number of thiazole rings is 1. The second kappa shape index (κ2) is 7.61. The van der Waals surface area contributed by atoms with Crippen LogP contribution in [0.4, 0.5) is 8.78 Å². The molecule has 1 N–H and O–H groups in total. The normalized spacial score (nSPS) is 45.6. The maximum atomic E-state index is 13.4. The molecule has 4 saturated carbocycles. The quantitative estimate of drug-likeness (QED) is 0.675. The molecule has 4 aliphatic rings. The molecule has 0 saturated heterocycles. The lowest BCUT2D eigenvalue weighted by Gasteiger charge is -2.57. The Morgan fingerprint density at radius 3 is 2.70 bits per heavy atom. The van der Waals surface area contributed by atoms with E-state index in [1.54, 1.807) is 17.5 Å². The van der Waals surface area contributed by atoms with Crippen molar-refractivity contribution in [3.63, 3.8) is 0 Å². The highest BCUT2D eigenvalue weighted by atomic mass is 32.1. The smallest absolute Gasteiger partial charge is 0.266 e. The fourth-order valence-electron chi connectivity index (χ4n) is 8.25. The number of Topliss-reactive ketones (excluding diaryl/α,β-unsaturated/α-hetero) is 1. The zero-order valence-corrected chi connectivity index (χ0v) is 18.6. The number of nitrogens with zero attached hydrogens (tertiary/aromatic N) is 1. The van der Waals surface area contributed by atoms with Crippen LogP contribution >= 0.6 is 11.3 Å². The molecule has 1 heterocycles. The van der Waals surface area contributed by atoms with Gasteiger partial charge in [0.2, 0.25) is 0 Å². The molecule has 0 aliphatic heterocycles. The minimum atomic E-state index is -2.63. The predicted molar refractivity (Wildman–Crippen MR) is 112 cm³/mol. The third-order valence-electron chi connectivity index (χ3n) is 9.65. The Labute approximate surface area is 181 Å². The van der Waals surface area contributed by atoms with Gasteiger partial charge in [-0.3, -0.25) is 4.79 Å². The molecule has 0 bridgehead atoms. The zero-order valence-electron chi connectivity index (χ0n) is 17.7. The van der Waals surface area contributed by atoms with Crippen molar-refractivity contribution >= 4 is 17.1 Å². The van der Waals surface area contributed by atoms with Crippen LogP contribution in [0.5, 0.6) is 0 Å². The van der Waals surface area contributed by atoms with Crippen molar-refractivity contribution in [2.24, 2.45) is 40.9 Å². The van der Waals surface area contributed by atoms with Crippen molar-refractivity contribution in [3.05, 3.63) is 16.6 Å². The largest absolute Gasteiger partial charge is 0.384 e. The Balaban J connectivity index is 1.30. The van der Waals surface area contributed by atoms with Crippen LogP contribution < -0.4 is 0 Å². The van der Waals surface area contributed by atoms with Gasteiger partial charge >= 0.3 is 0 Å². The van der Waals surface area contributed by atoms with E-state index in [9.17, 15) is 18.7 Å². The summed E-state index contributed by atoms with van der Waals surface area (Å²) in [5, 5.41) is 13.2. The standard InChI is InChI=1S/C24H33F2NO2S/c1-23-8-6-16-15-7-9-24(29,22(25)26)13-14(15)2-3-17(16)18(23)4-5-19(23)20(28)12-21-27-10-11-30-21/h10-11,14-19,22,29H,2-9,12-13H2,1H3/t14-,15-,16+,17+,18-,19+,23-,24+/m0/s1. The van der Waals surface area contributed by atoms with Crippen LogP contribution in [-0.4, -0.2) is 27.9 Å². The number of aromatic nitrogens is 1. The number of hydrogen-bond acceptors (Lipinski definition) is 4. The number of rotatable bonds is 4. The molecule has 1 aromatic heterocycles. The first-order valence-corrected chi connectivity index (χ1v) is 12.6. The lowest BCUT2D eigenvalue weighted by molar-refractivity contribution is -0.160. The number of alkyl halides is 2. The molecular formula is C24H33F2NO2S. The van der Waals surface area contributed by atoms with Gasteiger partial charge in [0.25, 0.3) is 6.43 Å². The highest BCUT2D eigenvalue weighted by Gasteiger charge is 2.59.